The van der Waals surface area contributed by atoms with Crippen molar-refractivity contribution in [3.8, 4) is 0 Å². The Labute approximate surface area is 108 Å². The minimum atomic E-state index is 0.497. The number of hydrogen-bond donors (Lipinski definition) is 0. The quantitative estimate of drug-likeness (QED) is 0.541. The lowest BCUT2D eigenvalue weighted by Gasteiger charge is -2.29. The predicted molar refractivity (Wildman–Crippen MR) is 72.1 cm³/mol. The molecule has 2 unspecified atom stereocenters. The van der Waals surface area contributed by atoms with Gasteiger partial charge in [-0.1, -0.05) is 54.5 Å². The van der Waals surface area contributed by atoms with Crippen molar-refractivity contribution in [1.82, 2.24) is 0 Å². The highest BCUT2D eigenvalue weighted by Gasteiger charge is 2.24. The van der Waals surface area contributed by atoms with E-state index in [1.807, 2.05) is 0 Å². The Morgan fingerprint density at radius 2 is 1.44 bits per heavy atom. The summed E-state index contributed by atoms with van der Waals surface area (Å²) in [5.74, 6) is 0.851. The topological polar surface area (TPSA) is 9.23 Å². The molecule has 0 spiro atoms. The van der Waals surface area contributed by atoms with Gasteiger partial charge in [-0.25, -0.2) is 0 Å². The van der Waals surface area contributed by atoms with Crippen LogP contribution in [0.4, 0.5) is 0 Å². The fraction of sp³-hybridized carbons (Fsp3) is 1.00. The number of halogens is 1. The van der Waals surface area contributed by atoms with Crippen molar-refractivity contribution in [2.75, 3.05) is 6.61 Å². The summed E-state index contributed by atoms with van der Waals surface area (Å²) in [5, 5.41) is 0. The molecule has 2 rings (SSSR count). The molecule has 0 heterocycles. The number of rotatable bonds is 3. The molecule has 2 heteroatoms. The molecule has 0 aromatic rings. The summed E-state index contributed by atoms with van der Waals surface area (Å²) < 4.78 is 6.14. The van der Waals surface area contributed by atoms with Crippen LogP contribution < -0.4 is 0 Å². The third-order valence-electron chi connectivity index (χ3n) is 4.14. The number of ether oxygens (including phenoxy) is 1. The summed E-state index contributed by atoms with van der Waals surface area (Å²) in [4.78, 5) is 0.618. The molecule has 2 saturated carbocycles. The standard InChI is InChI=1S/C14H25BrO/c15-13-9-5-6-10-14(13)16-11-12-7-3-1-2-4-8-12/h12-14H,1-11H2. The molecule has 1 nitrogen and oxygen atoms in total. The second-order valence-electron chi connectivity index (χ2n) is 5.53. The van der Waals surface area contributed by atoms with E-state index < -0.39 is 0 Å². The van der Waals surface area contributed by atoms with Crippen LogP contribution in [0, 0.1) is 5.92 Å². The molecule has 2 atom stereocenters. The summed E-state index contributed by atoms with van der Waals surface area (Å²) in [5.41, 5.74) is 0. The smallest absolute Gasteiger partial charge is 0.0700 e. The van der Waals surface area contributed by atoms with Gasteiger partial charge >= 0.3 is 0 Å². The van der Waals surface area contributed by atoms with Gasteiger partial charge in [0, 0.05) is 11.4 Å². The van der Waals surface area contributed by atoms with Gasteiger partial charge in [0.1, 0.15) is 0 Å². The Bertz CT molecular complexity index is 187. The minimum absolute atomic E-state index is 0.497. The lowest BCUT2D eigenvalue weighted by molar-refractivity contribution is 0.0103. The van der Waals surface area contributed by atoms with E-state index in [0.29, 0.717) is 10.9 Å². The van der Waals surface area contributed by atoms with E-state index in [0.717, 1.165) is 12.5 Å². The van der Waals surface area contributed by atoms with Crippen LogP contribution in [0.1, 0.15) is 64.2 Å². The zero-order valence-corrected chi connectivity index (χ0v) is 11.9. The van der Waals surface area contributed by atoms with Crippen molar-refractivity contribution in [2.45, 2.75) is 75.1 Å². The van der Waals surface area contributed by atoms with Gasteiger partial charge in [-0.3, -0.25) is 0 Å². The van der Waals surface area contributed by atoms with E-state index >= 15 is 0 Å². The van der Waals surface area contributed by atoms with Crippen LogP contribution >= 0.6 is 15.9 Å². The summed E-state index contributed by atoms with van der Waals surface area (Å²) in [6.07, 6.45) is 14.3. The van der Waals surface area contributed by atoms with Gasteiger partial charge < -0.3 is 4.74 Å². The average Bonchev–Trinajstić information content (AvgIpc) is 2.56. The first-order chi connectivity index (χ1) is 7.86. The van der Waals surface area contributed by atoms with E-state index in [4.69, 9.17) is 4.74 Å². The van der Waals surface area contributed by atoms with E-state index in [1.165, 1.54) is 64.2 Å². The Morgan fingerprint density at radius 1 is 0.812 bits per heavy atom. The molecule has 0 aromatic heterocycles. The van der Waals surface area contributed by atoms with Crippen LogP contribution in [0.2, 0.25) is 0 Å². The van der Waals surface area contributed by atoms with Crippen molar-refractivity contribution in [2.24, 2.45) is 5.92 Å². The Balaban J connectivity index is 1.68. The molecule has 94 valence electrons. The Kier molecular flexibility index (Phi) is 5.64. The Hall–Kier alpha value is 0.440. The van der Waals surface area contributed by atoms with Gasteiger partial charge in [-0.05, 0) is 31.6 Å². The second-order valence-corrected chi connectivity index (χ2v) is 6.71. The molecular formula is C14H25BrO. The summed E-state index contributed by atoms with van der Waals surface area (Å²) in [6.45, 7) is 1.02. The van der Waals surface area contributed by atoms with Crippen LogP contribution in [-0.4, -0.2) is 17.5 Å². The normalized spacial score (nSPS) is 33.6. The van der Waals surface area contributed by atoms with Crippen LogP contribution in [0.3, 0.4) is 0 Å². The minimum Gasteiger partial charge on any atom is -0.377 e. The molecule has 16 heavy (non-hydrogen) atoms. The van der Waals surface area contributed by atoms with E-state index in [1.54, 1.807) is 0 Å². The lowest BCUT2D eigenvalue weighted by Crippen LogP contribution is -2.29. The van der Waals surface area contributed by atoms with Crippen LogP contribution in [0.15, 0.2) is 0 Å². The zero-order chi connectivity index (χ0) is 11.2. The fourth-order valence-corrected chi connectivity index (χ4v) is 3.77. The van der Waals surface area contributed by atoms with Gasteiger partial charge in [0.15, 0.2) is 0 Å². The maximum Gasteiger partial charge on any atom is 0.0700 e. The van der Waals surface area contributed by atoms with Crippen molar-refractivity contribution >= 4 is 15.9 Å². The van der Waals surface area contributed by atoms with Crippen molar-refractivity contribution in [3.63, 3.8) is 0 Å². The third-order valence-corrected chi connectivity index (χ3v) is 5.19. The van der Waals surface area contributed by atoms with Gasteiger partial charge in [-0.15, -0.1) is 0 Å². The van der Waals surface area contributed by atoms with Crippen molar-refractivity contribution in [1.29, 1.82) is 0 Å². The van der Waals surface area contributed by atoms with E-state index in [2.05, 4.69) is 15.9 Å². The molecule has 0 radical (unpaired) electrons. The lowest BCUT2D eigenvalue weighted by atomic mass is 9.97. The highest BCUT2D eigenvalue weighted by Crippen LogP contribution is 2.29. The van der Waals surface area contributed by atoms with Crippen LogP contribution in [-0.2, 0) is 4.74 Å². The first-order valence-electron chi connectivity index (χ1n) is 7.12. The molecule has 0 aliphatic heterocycles. The Morgan fingerprint density at radius 3 is 2.12 bits per heavy atom. The summed E-state index contributed by atoms with van der Waals surface area (Å²) in [6, 6.07) is 0. The number of hydrogen-bond acceptors (Lipinski definition) is 1. The predicted octanol–water partition coefficient (Wildman–Crippen LogP) is 4.68. The molecule has 2 aliphatic rings. The highest BCUT2D eigenvalue weighted by atomic mass is 79.9. The average molecular weight is 289 g/mol. The SMILES string of the molecule is BrC1CCCCC1OCC1CCCCCC1. The van der Waals surface area contributed by atoms with Gasteiger partial charge in [0.2, 0.25) is 0 Å². The summed E-state index contributed by atoms with van der Waals surface area (Å²) >= 11 is 3.77. The number of alkyl halides is 1. The molecule has 0 amide bonds. The maximum atomic E-state index is 6.14. The van der Waals surface area contributed by atoms with E-state index in [-0.39, 0.29) is 0 Å². The molecular weight excluding hydrogens is 264 g/mol. The first kappa shape index (κ1) is 12.9. The van der Waals surface area contributed by atoms with Gasteiger partial charge in [-0.2, -0.15) is 0 Å². The molecule has 2 aliphatic carbocycles. The van der Waals surface area contributed by atoms with Crippen LogP contribution in [0.25, 0.3) is 0 Å². The largest absolute Gasteiger partial charge is 0.377 e. The third kappa shape index (κ3) is 4.03. The first-order valence-corrected chi connectivity index (χ1v) is 8.03. The van der Waals surface area contributed by atoms with E-state index in [9.17, 15) is 0 Å². The highest BCUT2D eigenvalue weighted by molar-refractivity contribution is 9.09. The molecule has 0 bridgehead atoms. The van der Waals surface area contributed by atoms with Crippen molar-refractivity contribution in [3.05, 3.63) is 0 Å². The zero-order valence-electron chi connectivity index (χ0n) is 10.3. The van der Waals surface area contributed by atoms with Gasteiger partial charge in [0.25, 0.3) is 0 Å². The maximum absolute atomic E-state index is 6.14. The second kappa shape index (κ2) is 7.00. The van der Waals surface area contributed by atoms with Crippen LogP contribution in [0.5, 0.6) is 0 Å². The van der Waals surface area contributed by atoms with Gasteiger partial charge in [0.05, 0.1) is 6.10 Å². The molecule has 0 saturated heterocycles. The fourth-order valence-electron chi connectivity index (χ4n) is 3.03. The summed E-state index contributed by atoms with van der Waals surface area (Å²) in [7, 11) is 0. The molecule has 0 N–H and O–H groups in total. The molecule has 2 fully saturated rings. The van der Waals surface area contributed by atoms with Crippen molar-refractivity contribution < 1.29 is 4.74 Å². The molecule has 0 aromatic carbocycles. The monoisotopic (exact) mass is 288 g/mol.